The first-order valence-corrected chi connectivity index (χ1v) is 7.57. The van der Waals surface area contributed by atoms with Gasteiger partial charge in [0.15, 0.2) is 0 Å². The average molecular weight is 277 g/mol. The standard InChI is InChI=1S/C17H27NO2/c1-5-18(6-2)11-8-12-20-16-10-7-9-15(13-19)17(16)14(3)4/h7,9-10,13-14H,5-6,8,11-12H2,1-4H3. The molecule has 0 heterocycles. The molecule has 112 valence electrons. The summed E-state index contributed by atoms with van der Waals surface area (Å²) in [4.78, 5) is 13.5. The zero-order valence-corrected chi connectivity index (χ0v) is 13.2. The SMILES string of the molecule is CCN(CC)CCCOc1cccc(C=O)c1C(C)C. The highest BCUT2D eigenvalue weighted by atomic mass is 16.5. The second kappa shape index (κ2) is 8.75. The number of benzene rings is 1. The summed E-state index contributed by atoms with van der Waals surface area (Å²) >= 11 is 0. The van der Waals surface area contributed by atoms with Crippen molar-refractivity contribution in [3.8, 4) is 5.75 Å². The average Bonchev–Trinajstić information content (AvgIpc) is 2.46. The molecular formula is C17H27NO2. The van der Waals surface area contributed by atoms with Crippen LogP contribution in [0.1, 0.15) is 56.0 Å². The van der Waals surface area contributed by atoms with Gasteiger partial charge in [0.25, 0.3) is 0 Å². The van der Waals surface area contributed by atoms with Gasteiger partial charge in [-0.1, -0.05) is 39.8 Å². The lowest BCUT2D eigenvalue weighted by molar-refractivity contribution is 0.112. The summed E-state index contributed by atoms with van der Waals surface area (Å²) < 4.78 is 5.89. The van der Waals surface area contributed by atoms with Crippen molar-refractivity contribution in [3.63, 3.8) is 0 Å². The molecule has 0 radical (unpaired) electrons. The first kappa shape index (κ1) is 16.7. The maximum atomic E-state index is 11.1. The minimum Gasteiger partial charge on any atom is -0.493 e. The number of hydrogen-bond donors (Lipinski definition) is 0. The van der Waals surface area contributed by atoms with Gasteiger partial charge in [-0.3, -0.25) is 4.79 Å². The number of carbonyl (C=O) groups is 1. The molecule has 1 aromatic rings. The van der Waals surface area contributed by atoms with Crippen molar-refractivity contribution in [3.05, 3.63) is 29.3 Å². The monoisotopic (exact) mass is 277 g/mol. The maximum Gasteiger partial charge on any atom is 0.150 e. The van der Waals surface area contributed by atoms with Crippen molar-refractivity contribution in [2.75, 3.05) is 26.2 Å². The quantitative estimate of drug-likeness (QED) is 0.509. The Balaban J connectivity index is 2.62. The number of nitrogens with zero attached hydrogens (tertiary/aromatic N) is 1. The molecule has 1 aromatic carbocycles. The third-order valence-electron chi connectivity index (χ3n) is 3.57. The Labute approximate surface area is 122 Å². The maximum absolute atomic E-state index is 11.1. The molecule has 20 heavy (non-hydrogen) atoms. The molecule has 0 bridgehead atoms. The number of aldehydes is 1. The van der Waals surface area contributed by atoms with Crippen molar-refractivity contribution in [2.24, 2.45) is 0 Å². The van der Waals surface area contributed by atoms with Crippen LogP contribution in [-0.2, 0) is 0 Å². The molecule has 0 amide bonds. The van der Waals surface area contributed by atoms with Crippen LogP contribution in [0.25, 0.3) is 0 Å². The van der Waals surface area contributed by atoms with Crippen molar-refractivity contribution in [2.45, 2.75) is 40.0 Å². The molecule has 0 aromatic heterocycles. The summed E-state index contributed by atoms with van der Waals surface area (Å²) in [6, 6.07) is 5.69. The van der Waals surface area contributed by atoms with Crippen molar-refractivity contribution >= 4 is 6.29 Å². The van der Waals surface area contributed by atoms with E-state index in [1.54, 1.807) is 0 Å². The van der Waals surface area contributed by atoms with E-state index in [1.165, 1.54) is 0 Å². The van der Waals surface area contributed by atoms with Gasteiger partial charge in [-0.2, -0.15) is 0 Å². The van der Waals surface area contributed by atoms with Gasteiger partial charge in [0.05, 0.1) is 6.61 Å². The van der Waals surface area contributed by atoms with Gasteiger partial charge in [-0.25, -0.2) is 0 Å². The second-order valence-corrected chi connectivity index (χ2v) is 5.26. The predicted octanol–water partition coefficient (Wildman–Crippen LogP) is 3.73. The molecule has 0 atom stereocenters. The van der Waals surface area contributed by atoms with Crippen molar-refractivity contribution in [1.82, 2.24) is 4.90 Å². The second-order valence-electron chi connectivity index (χ2n) is 5.26. The van der Waals surface area contributed by atoms with Crippen LogP contribution in [0.15, 0.2) is 18.2 Å². The molecule has 0 fully saturated rings. The Morgan fingerprint density at radius 1 is 1.25 bits per heavy atom. The lowest BCUT2D eigenvalue weighted by Gasteiger charge is -2.19. The zero-order chi connectivity index (χ0) is 15.0. The van der Waals surface area contributed by atoms with E-state index >= 15 is 0 Å². The molecule has 0 aliphatic carbocycles. The summed E-state index contributed by atoms with van der Waals surface area (Å²) in [6.07, 6.45) is 1.92. The van der Waals surface area contributed by atoms with E-state index in [-0.39, 0.29) is 5.92 Å². The minimum absolute atomic E-state index is 0.286. The molecule has 0 spiro atoms. The fourth-order valence-corrected chi connectivity index (χ4v) is 2.42. The van der Waals surface area contributed by atoms with Crippen LogP contribution in [0.5, 0.6) is 5.75 Å². The number of carbonyl (C=O) groups excluding carboxylic acids is 1. The third-order valence-corrected chi connectivity index (χ3v) is 3.57. The van der Waals surface area contributed by atoms with E-state index in [1.807, 2.05) is 18.2 Å². The first-order valence-electron chi connectivity index (χ1n) is 7.57. The summed E-state index contributed by atoms with van der Waals surface area (Å²) in [5.41, 5.74) is 1.76. The smallest absolute Gasteiger partial charge is 0.150 e. The molecule has 3 heteroatoms. The highest BCUT2D eigenvalue weighted by Gasteiger charge is 2.12. The highest BCUT2D eigenvalue weighted by Crippen LogP contribution is 2.29. The Kier molecular flexibility index (Phi) is 7.31. The van der Waals surface area contributed by atoms with E-state index < -0.39 is 0 Å². The van der Waals surface area contributed by atoms with Crippen LogP contribution in [0.3, 0.4) is 0 Å². The van der Waals surface area contributed by atoms with Crippen molar-refractivity contribution < 1.29 is 9.53 Å². The summed E-state index contributed by atoms with van der Waals surface area (Å²) in [5.74, 6) is 1.14. The van der Waals surface area contributed by atoms with Gasteiger partial charge in [-0.05, 0) is 31.5 Å². The van der Waals surface area contributed by atoms with Crippen LogP contribution in [0, 0.1) is 0 Å². The Morgan fingerprint density at radius 3 is 2.50 bits per heavy atom. The minimum atomic E-state index is 0.286. The lowest BCUT2D eigenvalue weighted by atomic mass is 9.97. The molecule has 0 saturated heterocycles. The lowest BCUT2D eigenvalue weighted by Crippen LogP contribution is -2.25. The van der Waals surface area contributed by atoms with Crippen molar-refractivity contribution in [1.29, 1.82) is 0 Å². The van der Waals surface area contributed by atoms with E-state index in [4.69, 9.17) is 4.74 Å². The summed E-state index contributed by atoms with van der Waals surface area (Å²) in [6.45, 7) is 12.4. The topological polar surface area (TPSA) is 29.5 Å². The van der Waals surface area contributed by atoms with Crippen LogP contribution in [-0.4, -0.2) is 37.4 Å². The molecule has 0 N–H and O–H groups in total. The normalized spacial score (nSPS) is 11.1. The molecule has 0 unspecified atom stereocenters. The summed E-state index contributed by atoms with van der Waals surface area (Å²) in [5, 5.41) is 0. The fraction of sp³-hybridized carbons (Fsp3) is 0.588. The Morgan fingerprint density at radius 2 is 1.95 bits per heavy atom. The van der Waals surface area contributed by atoms with Crippen LogP contribution < -0.4 is 4.74 Å². The fourth-order valence-electron chi connectivity index (χ4n) is 2.42. The highest BCUT2D eigenvalue weighted by molar-refractivity contribution is 5.79. The van der Waals surface area contributed by atoms with Crippen LogP contribution >= 0.6 is 0 Å². The van der Waals surface area contributed by atoms with Gasteiger partial charge in [-0.15, -0.1) is 0 Å². The van der Waals surface area contributed by atoms with Crippen LogP contribution in [0.2, 0.25) is 0 Å². The van der Waals surface area contributed by atoms with E-state index in [0.29, 0.717) is 6.61 Å². The summed E-state index contributed by atoms with van der Waals surface area (Å²) in [7, 11) is 0. The number of rotatable bonds is 9. The molecular weight excluding hydrogens is 250 g/mol. The number of ether oxygens (including phenoxy) is 1. The zero-order valence-electron chi connectivity index (χ0n) is 13.2. The van der Waals surface area contributed by atoms with E-state index in [2.05, 4.69) is 32.6 Å². The van der Waals surface area contributed by atoms with Gasteiger partial charge in [0, 0.05) is 17.7 Å². The van der Waals surface area contributed by atoms with Gasteiger partial charge < -0.3 is 9.64 Å². The van der Waals surface area contributed by atoms with Crippen LogP contribution in [0.4, 0.5) is 0 Å². The number of hydrogen-bond acceptors (Lipinski definition) is 3. The molecule has 3 nitrogen and oxygen atoms in total. The van der Waals surface area contributed by atoms with Gasteiger partial charge >= 0.3 is 0 Å². The Hall–Kier alpha value is -1.35. The van der Waals surface area contributed by atoms with Gasteiger partial charge in [0.1, 0.15) is 12.0 Å². The first-order chi connectivity index (χ1) is 9.63. The van der Waals surface area contributed by atoms with E-state index in [9.17, 15) is 4.79 Å². The molecule has 0 saturated carbocycles. The predicted molar refractivity (Wildman–Crippen MR) is 83.8 cm³/mol. The largest absolute Gasteiger partial charge is 0.493 e. The molecule has 0 aliphatic heterocycles. The molecule has 0 aliphatic rings. The molecule has 1 rings (SSSR count). The third kappa shape index (κ3) is 4.64. The Bertz CT molecular complexity index is 411. The van der Waals surface area contributed by atoms with E-state index in [0.717, 1.165) is 49.2 Å². The van der Waals surface area contributed by atoms with Gasteiger partial charge in [0.2, 0.25) is 0 Å².